The molecule has 1 aromatic rings. The van der Waals surface area contributed by atoms with Crippen LogP contribution in [0.1, 0.15) is 23.2 Å². The second-order valence-corrected chi connectivity index (χ2v) is 6.09. The van der Waals surface area contributed by atoms with Crippen LogP contribution in [-0.4, -0.2) is 76.7 Å². The molecule has 1 aliphatic rings. The zero-order valence-electron chi connectivity index (χ0n) is 15.1. The first-order valence-electron chi connectivity index (χ1n) is 8.33. The maximum absolute atomic E-state index is 12.5. The van der Waals surface area contributed by atoms with Gasteiger partial charge >= 0.3 is 0 Å². The van der Waals surface area contributed by atoms with Crippen molar-refractivity contribution < 1.29 is 19.0 Å². The number of piperazine rings is 1. The van der Waals surface area contributed by atoms with E-state index in [1.54, 1.807) is 33.5 Å². The van der Waals surface area contributed by atoms with Crippen LogP contribution in [0.3, 0.4) is 0 Å². The monoisotopic (exact) mass is 336 g/mol. The molecular weight excluding hydrogens is 308 g/mol. The number of nitrogens with zero attached hydrogens (tertiary/aromatic N) is 2. The van der Waals surface area contributed by atoms with Gasteiger partial charge in [0, 0.05) is 38.2 Å². The first-order valence-corrected chi connectivity index (χ1v) is 8.33. The van der Waals surface area contributed by atoms with E-state index in [4.69, 9.17) is 14.2 Å². The standard InChI is InChI=1S/C18H28N2O4/c1-19-8-10-20(11-9-19)7-5-6-15(21)14-12-16(22-2)18(24-4)17(13-14)23-3/h12-13H,5-11H2,1-4H3. The summed E-state index contributed by atoms with van der Waals surface area (Å²) in [5.74, 6) is 1.64. The van der Waals surface area contributed by atoms with Gasteiger partial charge in [0.2, 0.25) is 5.75 Å². The lowest BCUT2D eigenvalue weighted by molar-refractivity contribution is 0.0966. The average Bonchev–Trinajstić information content (AvgIpc) is 2.61. The lowest BCUT2D eigenvalue weighted by atomic mass is 10.0. The predicted octanol–water partition coefficient (Wildman–Crippen LogP) is 1.92. The van der Waals surface area contributed by atoms with E-state index in [2.05, 4.69) is 16.8 Å². The van der Waals surface area contributed by atoms with E-state index < -0.39 is 0 Å². The number of carbonyl (C=O) groups is 1. The van der Waals surface area contributed by atoms with Crippen LogP contribution < -0.4 is 14.2 Å². The summed E-state index contributed by atoms with van der Waals surface area (Å²) in [5.41, 5.74) is 0.600. The zero-order chi connectivity index (χ0) is 17.5. The van der Waals surface area contributed by atoms with Crippen molar-refractivity contribution in [3.8, 4) is 17.2 Å². The van der Waals surface area contributed by atoms with Crippen LogP contribution in [0.25, 0.3) is 0 Å². The highest BCUT2D eigenvalue weighted by atomic mass is 16.5. The number of hydrogen-bond donors (Lipinski definition) is 0. The highest BCUT2D eigenvalue weighted by Gasteiger charge is 2.18. The molecule has 1 aromatic carbocycles. The molecule has 0 aliphatic carbocycles. The summed E-state index contributed by atoms with van der Waals surface area (Å²) in [6.07, 6.45) is 1.38. The van der Waals surface area contributed by atoms with Crippen LogP contribution in [0.2, 0.25) is 0 Å². The Morgan fingerprint density at radius 3 is 2.08 bits per heavy atom. The molecule has 1 saturated heterocycles. The third-order valence-corrected chi connectivity index (χ3v) is 4.46. The summed E-state index contributed by atoms with van der Waals surface area (Å²) < 4.78 is 15.9. The van der Waals surface area contributed by atoms with Crippen LogP contribution in [0.5, 0.6) is 17.2 Å². The minimum atomic E-state index is 0.100. The van der Waals surface area contributed by atoms with Crippen molar-refractivity contribution in [3.05, 3.63) is 17.7 Å². The summed E-state index contributed by atoms with van der Waals surface area (Å²) in [4.78, 5) is 17.2. The SMILES string of the molecule is COc1cc(C(=O)CCCN2CCN(C)CC2)cc(OC)c1OC. The van der Waals surface area contributed by atoms with Crippen LogP contribution in [0.15, 0.2) is 12.1 Å². The molecule has 0 atom stereocenters. The molecule has 1 heterocycles. The largest absolute Gasteiger partial charge is 0.493 e. The number of ketones is 1. The van der Waals surface area contributed by atoms with E-state index in [1.165, 1.54) is 0 Å². The molecule has 0 unspecified atom stereocenters. The normalized spacial score (nSPS) is 16.0. The molecule has 6 nitrogen and oxygen atoms in total. The molecule has 0 saturated carbocycles. The van der Waals surface area contributed by atoms with Gasteiger partial charge in [-0.1, -0.05) is 0 Å². The number of hydrogen-bond acceptors (Lipinski definition) is 6. The molecule has 24 heavy (non-hydrogen) atoms. The zero-order valence-corrected chi connectivity index (χ0v) is 15.1. The van der Waals surface area contributed by atoms with Crippen molar-refractivity contribution in [1.82, 2.24) is 9.80 Å². The van der Waals surface area contributed by atoms with E-state index in [0.717, 1.165) is 39.1 Å². The van der Waals surface area contributed by atoms with Crippen molar-refractivity contribution in [2.45, 2.75) is 12.8 Å². The molecule has 6 heteroatoms. The van der Waals surface area contributed by atoms with Gasteiger partial charge in [-0.15, -0.1) is 0 Å². The third-order valence-electron chi connectivity index (χ3n) is 4.46. The summed E-state index contributed by atoms with van der Waals surface area (Å²) >= 11 is 0. The second-order valence-electron chi connectivity index (χ2n) is 6.09. The molecule has 1 fully saturated rings. The fraction of sp³-hybridized carbons (Fsp3) is 0.611. The van der Waals surface area contributed by atoms with E-state index >= 15 is 0 Å². The highest BCUT2D eigenvalue weighted by Crippen LogP contribution is 2.38. The number of likely N-dealkylation sites (N-methyl/N-ethyl adjacent to an activating group) is 1. The Morgan fingerprint density at radius 1 is 1.00 bits per heavy atom. The van der Waals surface area contributed by atoms with Crippen LogP contribution >= 0.6 is 0 Å². The lowest BCUT2D eigenvalue weighted by Crippen LogP contribution is -2.44. The Labute approximate surface area is 144 Å². The molecular formula is C18H28N2O4. The van der Waals surface area contributed by atoms with Crippen molar-refractivity contribution in [3.63, 3.8) is 0 Å². The number of ether oxygens (including phenoxy) is 3. The molecule has 0 amide bonds. The second kappa shape index (κ2) is 8.89. The Kier molecular flexibility index (Phi) is 6.87. The molecule has 0 bridgehead atoms. The Balaban J connectivity index is 1.94. The number of methoxy groups -OCH3 is 3. The average molecular weight is 336 g/mol. The van der Waals surface area contributed by atoms with E-state index in [0.29, 0.717) is 29.2 Å². The number of rotatable bonds is 8. The van der Waals surface area contributed by atoms with E-state index in [9.17, 15) is 4.79 Å². The lowest BCUT2D eigenvalue weighted by Gasteiger charge is -2.32. The van der Waals surface area contributed by atoms with Crippen molar-refractivity contribution in [2.75, 3.05) is 61.1 Å². The Bertz CT molecular complexity index is 529. The summed E-state index contributed by atoms with van der Waals surface area (Å²) in [7, 11) is 6.81. The van der Waals surface area contributed by atoms with Crippen molar-refractivity contribution in [1.29, 1.82) is 0 Å². The summed E-state index contributed by atoms with van der Waals surface area (Å²) in [6, 6.07) is 3.44. The highest BCUT2D eigenvalue weighted by molar-refractivity contribution is 5.97. The van der Waals surface area contributed by atoms with Crippen LogP contribution in [0, 0.1) is 0 Å². The van der Waals surface area contributed by atoms with Gasteiger partial charge < -0.3 is 24.0 Å². The Hall–Kier alpha value is -1.79. The van der Waals surface area contributed by atoms with Gasteiger partial charge in [0.15, 0.2) is 17.3 Å². The number of benzene rings is 1. The van der Waals surface area contributed by atoms with Gasteiger partial charge in [-0.25, -0.2) is 0 Å². The molecule has 0 radical (unpaired) electrons. The molecule has 0 N–H and O–H groups in total. The Morgan fingerprint density at radius 2 is 1.58 bits per heavy atom. The van der Waals surface area contributed by atoms with Gasteiger partial charge in [-0.3, -0.25) is 4.79 Å². The van der Waals surface area contributed by atoms with Gasteiger partial charge in [-0.2, -0.15) is 0 Å². The molecule has 0 aromatic heterocycles. The number of carbonyl (C=O) groups excluding carboxylic acids is 1. The third kappa shape index (κ3) is 4.61. The molecule has 134 valence electrons. The van der Waals surface area contributed by atoms with Crippen LogP contribution in [-0.2, 0) is 0 Å². The summed E-state index contributed by atoms with van der Waals surface area (Å²) in [5, 5.41) is 0. The smallest absolute Gasteiger partial charge is 0.203 e. The van der Waals surface area contributed by atoms with Crippen molar-refractivity contribution in [2.24, 2.45) is 0 Å². The van der Waals surface area contributed by atoms with Gasteiger partial charge in [0.05, 0.1) is 21.3 Å². The maximum Gasteiger partial charge on any atom is 0.203 e. The topological polar surface area (TPSA) is 51.2 Å². The summed E-state index contributed by atoms with van der Waals surface area (Å²) in [6.45, 7) is 5.31. The number of Topliss-reactive ketones (excluding diaryl/α,β-unsaturated/α-hetero) is 1. The van der Waals surface area contributed by atoms with Gasteiger partial charge in [0.25, 0.3) is 0 Å². The fourth-order valence-corrected chi connectivity index (χ4v) is 2.92. The van der Waals surface area contributed by atoms with E-state index in [1.807, 2.05) is 0 Å². The molecule has 2 rings (SSSR count). The van der Waals surface area contributed by atoms with E-state index in [-0.39, 0.29) is 5.78 Å². The predicted molar refractivity (Wildman–Crippen MR) is 93.6 cm³/mol. The van der Waals surface area contributed by atoms with Crippen LogP contribution in [0.4, 0.5) is 0 Å². The quantitative estimate of drug-likeness (QED) is 0.676. The first kappa shape index (κ1) is 18.5. The van der Waals surface area contributed by atoms with Gasteiger partial charge in [-0.05, 0) is 32.1 Å². The minimum absolute atomic E-state index is 0.100. The van der Waals surface area contributed by atoms with Crippen molar-refractivity contribution >= 4 is 5.78 Å². The van der Waals surface area contributed by atoms with Gasteiger partial charge in [0.1, 0.15) is 0 Å². The fourth-order valence-electron chi connectivity index (χ4n) is 2.92. The minimum Gasteiger partial charge on any atom is -0.493 e. The molecule has 1 aliphatic heterocycles. The maximum atomic E-state index is 12.5. The molecule has 0 spiro atoms. The first-order chi connectivity index (χ1) is 11.6.